The molecule has 0 radical (unpaired) electrons. The van der Waals surface area contributed by atoms with E-state index in [4.69, 9.17) is 23.1 Å². The molecule has 13 heteroatoms. The van der Waals surface area contributed by atoms with Gasteiger partial charge in [-0.05, 0) is 70.9 Å². The lowest BCUT2D eigenvalue weighted by atomic mass is 9.58. The molecule has 40 heavy (non-hydrogen) atoms. The van der Waals surface area contributed by atoms with Gasteiger partial charge in [0.05, 0.1) is 17.1 Å². The van der Waals surface area contributed by atoms with Crippen LogP contribution in [0.5, 0.6) is 5.75 Å². The van der Waals surface area contributed by atoms with Crippen molar-refractivity contribution in [2.24, 2.45) is 23.3 Å². The van der Waals surface area contributed by atoms with Gasteiger partial charge in [-0.15, -0.1) is 0 Å². The highest BCUT2D eigenvalue weighted by atomic mass is 35.5. The summed E-state index contributed by atoms with van der Waals surface area (Å²) in [6, 6.07) is 0.190. The van der Waals surface area contributed by atoms with Crippen LogP contribution in [0.1, 0.15) is 41.8 Å². The number of phenolic OH excluding ortho intramolecular Hbond substituents is 1. The van der Waals surface area contributed by atoms with Gasteiger partial charge in [-0.1, -0.05) is 11.6 Å². The fourth-order valence-corrected chi connectivity index (χ4v) is 6.40. The number of aromatic hydroxyl groups is 1. The summed E-state index contributed by atoms with van der Waals surface area (Å²) in [7, 11) is 4.77. The Bertz CT molecular complexity index is 1430. The van der Waals surface area contributed by atoms with Gasteiger partial charge < -0.3 is 31.9 Å². The molecule has 0 saturated carbocycles. The van der Waals surface area contributed by atoms with Crippen molar-refractivity contribution >= 4 is 35.0 Å². The number of rotatable bonds is 6. The third-order valence-corrected chi connectivity index (χ3v) is 9.17. The summed E-state index contributed by atoms with van der Waals surface area (Å²) in [5.41, 5.74) is 6.50. The maximum absolute atomic E-state index is 13.7. The minimum atomic E-state index is -2.72. The molecule has 0 aromatic heterocycles. The number of phenols is 1. The molecule has 0 unspecified atom stereocenters. The first kappa shape index (κ1) is 29.5. The molecule has 0 heterocycles. The molecule has 0 fully saturated rings. The van der Waals surface area contributed by atoms with Crippen molar-refractivity contribution in [3.8, 4) is 5.75 Å². The Labute approximate surface area is 235 Å². The summed E-state index contributed by atoms with van der Waals surface area (Å²) in [6.45, 7) is 3.37. The van der Waals surface area contributed by atoms with Crippen LogP contribution in [-0.2, 0) is 27.3 Å². The van der Waals surface area contributed by atoms with Crippen molar-refractivity contribution in [2.45, 2.75) is 50.4 Å². The number of hydrogen-bond acceptors (Lipinski definition) is 10. The van der Waals surface area contributed by atoms with E-state index in [0.717, 1.165) is 0 Å². The Hall–Kier alpha value is -3.45. The maximum atomic E-state index is 13.7. The number of aliphatic hydroxyl groups is 3. The highest BCUT2D eigenvalue weighted by molar-refractivity contribution is 6.33. The molecule has 1 aromatic carbocycles. The van der Waals surface area contributed by atoms with E-state index in [9.17, 15) is 39.6 Å². The van der Waals surface area contributed by atoms with Crippen LogP contribution in [0, 0.1) is 11.8 Å². The summed E-state index contributed by atoms with van der Waals surface area (Å²) in [5.74, 6) is -7.92. The predicted molar refractivity (Wildman–Crippen MR) is 143 cm³/mol. The lowest BCUT2D eigenvalue weighted by Gasteiger charge is -2.50. The van der Waals surface area contributed by atoms with Crippen LogP contribution in [0.2, 0.25) is 5.02 Å². The molecular formula is C27H33ClN4O8. The van der Waals surface area contributed by atoms with Gasteiger partial charge in [0.2, 0.25) is 11.7 Å². The van der Waals surface area contributed by atoms with Crippen LogP contribution in [0.4, 0.5) is 0 Å². The third-order valence-electron chi connectivity index (χ3n) is 8.70. The van der Waals surface area contributed by atoms with Gasteiger partial charge in [-0.25, -0.2) is 0 Å². The van der Waals surface area contributed by atoms with E-state index in [-0.39, 0.29) is 35.5 Å². The molecule has 8 N–H and O–H groups in total. The smallest absolute Gasteiger partial charge is 0.255 e. The fourth-order valence-electron chi connectivity index (χ4n) is 6.11. The lowest BCUT2D eigenvalue weighted by molar-refractivity contribution is -0.148. The van der Waals surface area contributed by atoms with E-state index < -0.39 is 75.2 Å². The van der Waals surface area contributed by atoms with Crippen LogP contribution in [0.25, 0.3) is 0 Å². The van der Waals surface area contributed by atoms with E-state index in [0.29, 0.717) is 11.1 Å². The second kappa shape index (κ2) is 9.58. The molecule has 1 aromatic rings. The largest absolute Gasteiger partial charge is 0.510 e. The van der Waals surface area contributed by atoms with Crippen LogP contribution < -0.4 is 11.5 Å². The maximum Gasteiger partial charge on any atom is 0.255 e. The molecule has 3 aliphatic carbocycles. The van der Waals surface area contributed by atoms with Gasteiger partial charge in [-0.2, -0.15) is 0 Å². The molecule has 4 rings (SSSR count). The molecule has 0 spiro atoms. The Morgan fingerprint density at radius 3 is 2.27 bits per heavy atom. The number of likely N-dealkylation sites (N-methyl/N-ethyl adjacent to an activating group) is 2. The SMILES string of the molecule is CN(C)[C@@H]1C(O)=C(C(N)=O)C(=O)[C@@]2(O)C(O)=C3C(=O)c4c(O)cc(CN(C)C(C)(C)C(N)=O)c(Cl)c4C[C@H]3C[C@@H]12. The van der Waals surface area contributed by atoms with E-state index in [1.807, 2.05) is 0 Å². The lowest BCUT2D eigenvalue weighted by Crippen LogP contribution is -2.63. The Balaban J connectivity index is 1.86. The van der Waals surface area contributed by atoms with Crippen LogP contribution in [0.3, 0.4) is 0 Å². The van der Waals surface area contributed by atoms with Crippen LogP contribution in [0.15, 0.2) is 28.7 Å². The fraction of sp³-hybridized carbons (Fsp3) is 0.481. The number of benzene rings is 1. The van der Waals surface area contributed by atoms with E-state index >= 15 is 0 Å². The summed E-state index contributed by atoms with van der Waals surface area (Å²) < 4.78 is 0. The third kappa shape index (κ3) is 4.00. The van der Waals surface area contributed by atoms with Crippen molar-refractivity contribution in [2.75, 3.05) is 21.1 Å². The number of halogens is 1. The zero-order valence-electron chi connectivity index (χ0n) is 22.8. The van der Waals surface area contributed by atoms with E-state index in [1.54, 1.807) is 39.9 Å². The molecule has 0 saturated heterocycles. The predicted octanol–water partition coefficient (Wildman–Crippen LogP) is 0.470. The molecule has 216 valence electrons. The number of hydrogen-bond donors (Lipinski definition) is 6. The van der Waals surface area contributed by atoms with Crippen LogP contribution >= 0.6 is 11.6 Å². The first-order valence-corrected chi connectivity index (χ1v) is 13.0. The van der Waals surface area contributed by atoms with Gasteiger partial charge in [0.15, 0.2) is 11.4 Å². The molecule has 0 bridgehead atoms. The second-order valence-electron chi connectivity index (χ2n) is 11.5. The van der Waals surface area contributed by atoms with Crippen molar-refractivity contribution in [3.05, 3.63) is 50.4 Å². The minimum absolute atomic E-state index is 0.0533. The first-order valence-electron chi connectivity index (χ1n) is 12.6. The topological polar surface area (TPSA) is 208 Å². The monoisotopic (exact) mass is 576 g/mol. The number of aliphatic hydroxyl groups excluding tert-OH is 2. The van der Waals surface area contributed by atoms with Gasteiger partial charge in [0, 0.05) is 23.1 Å². The molecular weight excluding hydrogens is 544 g/mol. The number of carbonyl (C=O) groups excluding carboxylic acids is 4. The number of ketones is 2. The van der Waals surface area contributed by atoms with Crippen LogP contribution in [-0.4, -0.2) is 91.9 Å². The molecule has 12 nitrogen and oxygen atoms in total. The summed E-state index contributed by atoms with van der Waals surface area (Å²) in [5, 5.41) is 44.9. The van der Waals surface area contributed by atoms with E-state index in [2.05, 4.69) is 0 Å². The molecule has 0 aliphatic heterocycles. The van der Waals surface area contributed by atoms with Crippen molar-refractivity contribution in [1.29, 1.82) is 0 Å². The first-order chi connectivity index (χ1) is 18.4. The Kier molecular flexibility index (Phi) is 7.07. The highest BCUT2D eigenvalue weighted by Gasteiger charge is 2.63. The number of nitrogens with two attached hydrogens (primary N) is 2. The van der Waals surface area contributed by atoms with Gasteiger partial charge >= 0.3 is 0 Å². The summed E-state index contributed by atoms with van der Waals surface area (Å²) in [6.07, 6.45) is -0.000607. The Morgan fingerprint density at radius 1 is 1.15 bits per heavy atom. The van der Waals surface area contributed by atoms with Gasteiger partial charge in [0.1, 0.15) is 22.8 Å². The van der Waals surface area contributed by atoms with Crippen molar-refractivity contribution in [1.82, 2.24) is 9.80 Å². The zero-order valence-corrected chi connectivity index (χ0v) is 23.5. The summed E-state index contributed by atoms with van der Waals surface area (Å²) in [4.78, 5) is 54.2. The summed E-state index contributed by atoms with van der Waals surface area (Å²) >= 11 is 6.75. The highest BCUT2D eigenvalue weighted by Crippen LogP contribution is 2.53. The number of allylic oxidation sites excluding steroid dienone is 1. The Morgan fingerprint density at radius 2 is 1.75 bits per heavy atom. The second-order valence-corrected chi connectivity index (χ2v) is 11.8. The number of fused-ring (bicyclic) bond motifs is 3. The normalized spacial score (nSPS) is 26.7. The van der Waals surface area contributed by atoms with Gasteiger partial charge in [0.25, 0.3) is 5.91 Å². The average molecular weight is 577 g/mol. The zero-order chi connectivity index (χ0) is 30.2. The quantitative estimate of drug-likeness (QED) is 0.258. The number of Topliss-reactive ketones (excluding diaryl/α,β-unsaturated/α-hetero) is 2. The molecule has 4 atom stereocenters. The minimum Gasteiger partial charge on any atom is -0.510 e. The number of amides is 2. The standard InChI is InChI=1S/C27H33ClN4O8/c1-26(2,25(30)39)32(5)9-11-8-14(33)16-12(18(11)28)6-10-7-13-19(31(3)4)21(35)17(24(29)38)23(37)27(13,40)22(36)15(10)20(16)34/h8,10,13,19,33,35-36,40H,6-7,9H2,1-5H3,(H2,29,38)(H2,30,39)/t10-,13-,19-,27-/m0/s1. The van der Waals surface area contributed by atoms with Gasteiger partial charge in [-0.3, -0.25) is 29.0 Å². The number of nitrogens with zero attached hydrogens (tertiary/aromatic N) is 2. The average Bonchev–Trinajstić information content (AvgIpc) is 2.83. The van der Waals surface area contributed by atoms with E-state index in [1.165, 1.54) is 11.0 Å². The number of primary amides is 2. The molecule has 2 amide bonds. The van der Waals surface area contributed by atoms with Crippen molar-refractivity contribution < 1.29 is 39.6 Å². The number of carbonyl (C=O) groups is 4. The van der Waals surface area contributed by atoms with Crippen molar-refractivity contribution in [3.63, 3.8) is 0 Å². The molecule has 3 aliphatic rings.